The Morgan fingerprint density at radius 3 is 2.62 bits per heavy atom. The van der Waals surface area contributed by atoms with E-state index >= 15 is 0 Å². The van der Waals surface area contributed by atoms with Crippen molar-refractivity contribution in [2.75, 3.05) is 7.05 Å². The molecule has 0 radical (unpaired) electrons. The molecule has 92 valence electrons. The quantitative estimate of drug-likeness (QED) is 0.847. The van der Waals surface area contributed by atoms with E-state index in [1.165, 1.54) is 0 Å². The third-order valence-corrected chi connectivity index (χ3v) is 2.19. The molecule has 1 rings (SSSR count). The molecule has 1 aromatic heterocycles. The summed E-state index contributed by atoms with van der Waals surface area (Å²) in [6.45, 7) is 1.97. The highest BCUT2D eigenvalue weighted by molar-refractivity contribution is 4.91. The van der Waals surface area contributed by atoms with E-state index in [0.717, 1.165) is 6.42 Å². The molecule has 0 aliphatic heterocycles. The third kappa shape index (κ3) is 4.18. The average Bonchev–Trinajstić information content (AvgIpc) is 2.59. The van der Waals surface area contributed by atoms with Crippen molar-refractivity contribution in [3.8, 4) is 0 Å². The number of nitrogens with one attached hydrogen (secondary N) is 1. The fraction of sp³-hybridized carbons (Fsp3) is 0.778. The maximum absolute atomic E-state index is 12.0. The number of hydrogen-bond acceptors (Lipinski definition) is 4. The van der Waals surface area contributed by atoms with Crippen LogP contribution in [0, 0.1) is 0 Å². The highest BCUT2D eigenvalue weighted by atomic mass is 19.4. The predicted octanol–water partition coefficient (Wildman–Crippen LogP) is 1.71. The molecular formula is C9H14F3N3O. The summed E-state index contributed by atoms with van der Waals surface area (Å²) in [5, 5.41) is 6.30. The summed E-state index contributed by atoms with van der Waals surface area (Å²) in [5.74, 6) is -0.0751. The van der Waals surface area contributed by atoms with E-state index in [-0.39, 0.29) is 17.8 Å². The zero-order valence-corrected chi connectivity index (χ0v) is 9.14. The zero-order chi connectivity index (χ0) is 12.2. The van der Waals surface area contributed by atoms with E-state index < -0.39 is 12.6 Å². The molecule has 1 unspecified atom stereocenters. The lowest BCUT2D eigenvalue weighted by molar-refractivity contribution is -0.128. The lowest BCUT2D eigenvalue weighted by atomic mass is 10.1. The van der Waals surface area contributed by atoms with Crippen LogP contribution in [-0.2, 0) is 12.8 Å². The second-order valence-corrected chi connectivity index (χ2v) is 3.49. The van der Waals surface area contributed by atoms with Gasteiger partial charge in [0.15, 0.2) is 5.82 Å². The first kappa shape index (κ1) is 13.0. The first-order chi connectivity index (χ1) is 7.44. The minimum Gasteiger partial charge on any atom is -0.339 e. The maximum atomic E-state index is 12.0. The fourth-order valence-electron chi connectivity index (χ4n) is 1.29. The van der Waals surface area contributed by atoms with Gasteiger partial charge in [-0.05, 0) is 13.5 Å². The average molecular weight is 237 g/mol. The van der Waals surface area contributed by atoms with Crippen molar-refractivity contribution < 1.29 is 17.7 Å². The van der Waals surface area contributed by atoms with Gasteiger partial charge < -0.3 is 9.84 Å². The minimum atomic E-state index is -4.30. The molecule has 1 heterocycles. The molecule has 0 saturated heterocycles. The molecule has 7 heteroatoms. The van der Waals surface area contributed by atoms with Gasteiger partial charge in [0.1, 0.15) is 6.42 Å². The van der Waals surface area contributed by atoms with E-state index in [4.69, 9.17) is 4.52 Å². The van der Waals surface area contributed by atoms with Crippen molar-refractivity contribution >= 4 is 0 Å². The SMILES string of the molecule is CCC(Cc1nc(CC(F)(F)F)no1)NC. The molecule has 0 aromatic carbocycles. The Morgan fingerprint density at radius 2 is 2.12 bits per heavy atom. The zero-order valence-electron chi connectivity index (χ0n) is 9.14. The first-order valence-electron chi connectivity index (χ1n) is 5.00. The van der Waals surface area contributed by atoms with Crippen LogP contribution in [0.2, 0.25) is 0 Å². The first-order valence-corrected chi connectivity index (χ1v) is 5.00. The molecule has 0 fully saturated rings. The Bertz CT molecular complexity index is 320. The molecule has 0 amide bonds. The van der Waals surface area contributed by atoms with Crippen LogP contribution < -0.4 is 5.32 Å². The molecule has 0 aliphatic rings. The number of likely N-dealkylation sites (N-methyl/N-ethyl adjacent to an activating group) is 1. The molecule has 0 spiro atoms. The minimum absolute atomic E-state index is 0.138. The maximum Gasteiger partial charge on any atom is 0.396 e. The van der Waals surface area contributed by atoms with Crippen molar-refractivity contribution in [1.29, 1.82) is 0 Å². The molecule has 1 atom stereocenters. The molecular weight excluding hydrogens is 223 g/mol. The largest absolute Gasteiger partial charge is 0.396 e. The van der Waals surface area contributed by atoms with E-state index in [9.17, 15) is 13.2 Å². The van der Waals surface area contributed by atoms with Crippen LogP contribution in [0.1, 0.15) is 25.1 Å². The van der Waals surface area contributed by atoms with Crippen molar-refractivity contribution in [2.24, 2.45) is 0 Å². The van der Waals surface area contributed by atoms with Crippen molar-refractivity contribution in [1.82, 2.24) is 15.5 Å². The van der Waals surface area contributed by atoms with E-state index in [2.05, 4.69) is 15.5 Å². The lowest BCUT2D eigenvalue weighted by Crippen LogP contribution is -2.26. The van der Waals surface area contributed by atoms with Gasteiger partial charge in [0.2, 0.25) is 5.89 Å². The third-order valence-electron chi connectivity index (χ3n) is 2.19. The molecule has 1 aromatic rings. The van der Waals surface area contributed by atoms with Gasteiger partial charge in [-0.2, -0.15) is 18.2 Å². The summed E-state index contributed by atoms with van der Waals surface area (Å²) in [7, 11) is 1.78. The van der Waals surface area contributed by atoms with Crippen molar-refractivity contribution in [3.63, 3.8) is 0 Å². The van der Waals surface area contributed by atoms with Crippen molar-refractivity contribution in [3.05, 3.63) is 11.7 Å². The number of rotatable bonds is 5. The summed E-state index contributed by atoms with van der Waals surface area (Å²) in [6.07, 6.45) is -4.16. The van der Waals surface area contributed by atoms with Crippen LogP contribution >= 0.6 is 0 Å². The Labute approximate surface area is 91.2 Å². The monoisotopic (exact) mass is 237 g/mol. The predicted molar refractivity (Wildman–Crippen MR) is 50.9 cm³/mol. The van der Waals surface area contributed by atoms with Crippen LogP contribution in [0.5, 0.6) is 0 Å². The van der Waals surface area contributed by atoms with Gasteiger partial charge >= 0.3 is 6.18 Å². The van der Waals surface area contributed by atoms with Gasteiger partial charge in [0, 0.05) is 12.5 Å². The van der Waals surface area contributed by atoms with Crippen LogP contribution in [0.4, 0.5) is 13.2 Å². The molecule has 0 aliphatic carbocycles. The van der Waals surface area contributed by atoms with Gasteiger partial charge in [-0.25, -0.2) is 0 Å². The molecule has 4 nitrogen and oxygen atoms in total. The topological polar surface area (TPSA) is 51.0 Å². The van der Waals surface area contributed by atoms with E-state index in [0.29, 0.717) is 6.42 Å². The van der Waals surface area contributed by atoms with Crippen molar-refractivity contribution in [2.45, 2.75) is 38.4 Å². The van der Waals surface area contributed by atoms with Crippen LogP contribution in [0.3, 0.4) is 0 Å². The summed E-state index contributed by atoms with van der Waals surface area (Å²) in [4.78, 5) is 3.69. The van der Waals surface area contributed by atoms with E-state index in [1.54, 1.807) is 7.05 Å². The molecule has 16 heavy (non-hydrogen) atoms. The van der Waals surface area contributed by atoms with Gasteiger partial charge in [0.05, 0.1) is 0 Å². The molecule has 0 bridgehead atoms. The number of aromatic nitrogens is 2. The normalized spacial score (nSPS) is 14.1. The smallest absolute Gasteiger partial charge is 0.339 e. The number of nitrogens with zero attached hydrogens (tertiary/aromatic N) is 2. The Kier molecular flexibility index (Phi) is 4.28. The van der Waals surface area contributed by atoms with Gasteiger partial charge in [-0.1, -0.05) is 12.1 Å². The second-order valence-electron chi connectivity index (χ2n) is 3.49. The molecule has 0 saturated carbocycles. The highest BCUT2D eigenvalue weighted by Gasteiger charge is 2.30. The summed E-state index contributed by atoms with van der Waals surface area (Å²) < 4.78 is 40.8. The summed E-state index contributed by atoms with van der Waals surface area (Å²) in [6, 6.07) is 0.138. The Morgan fingerprint density at radius 1 is 1.44 bits per heavy atom. The highest BCUT2D eigenvalue weighted by Crippen LogP contribution is 2.19. The number of alkyl halides is 3. The molecule has 1 N–H and O–H groups in total. The standard InChI is InChI=1S/C9H14F3N3O/c1-3-6(13-2)4-8-14-7(15-16-8)5-9(10,11)12/h6,13H,3-5H2,1-2H3. The fourth-order valence-corrected chi connectivity index (χ4v) is 1.29. The van der Waals surface area contributed by atoms with Crippen LogP contribution in [-0.4, -0.2) is 29.4 Å². The lowest BCUT2D eigenvalue weighted by Gasteiger charge is -2.09. The Balaban J connectivity index is 2.57. The Hall–Kier alpha value is -1.11. The number of hydrogen-bond donors (Lipinski definition) is 1. The number of halogens is 3. The van der Waals surface area contributed by atoms with Crippen LogP contribution in [0.15, 0.2) is 4.52 Å². The van der Waals surface area contributed by atoms with Crippen LogP contribution in [0.25, 0.3) is 0 Å². The van der Waals surface area contributed by atoms with Gasteiger partial charge in [0.25, 0.3) is 0 Å². The van der Waals surface area contributed by atoms with Gasteiger partial charge in [-0.15, -0.1) is 0 Å². The summed E-state index contributed by atoms with van der Waals surface area (Å²) in [5.41, 5.74) is 0. The van der Waals surface area contributed by atoms with Gasteiger partial charge in [-0.3, -0.25) is 0 Å². The van der Waals surface area contributed by atoms with E-state index in [1.807, 2.05) is 6.92 Å². The second kappa shape index (κ2) is 5.29. The summed E-state index contributed by atoms with van der Waals surface area (Å²) >= 11 is 0.